The van der Waals surface area contributed by atoms with Crippen molar-refractivity contribution in [1.29, 1.82) is 0 Å². The molecule has 0 aliphatic heterocycles. The van der Waals surface area contributed by atoms with Gasteiger partial charge in [-0.2, -0.15) is 5.10 Å². The second kappa shape index (κ2) is 6.35. The highest BCUT2D eigenvalue weighted by atomic mass is 16.3. The molecule has 2 N–H and O–H groups in total. The van der Waals surface area contributed by atoms with Gasteiger partial charge >= 0.3 is 0 Å². The van der Waals surface area contributed by atoms with Crippen molar-refractivity contribution in [1.82, 2.24) is 5.43 Å². The van der Waals surface area contributed by atoms with E-state index < -0.39 is 0 Å². The smallest absolute Gasteiger partial charge is 0.244 e. The first-order valence-electron chi connectivity index (χ1n) is 5.89. The van der Waals surface area contributed by atoms with E-state index in [-0.39, 0.29) is 11.7 Å². The molecule has 0 fully saturated rings. The Labute approximate surface area is 111 Å². The van der Waals surface area contributed by atoms with Gasteiger partial charge in [-0.1, -0.05) is 30.3 Å². The largest absolute Gasteiger partial charge is 0.508 e. The average molecular weight is 254 g/mol. The number of phenolic OH excluding ortho intramolecular Hbond substituents is 1. The van der Waals surface area contributed by atoms with Gasteiger partial charge in [-0.15, -0.1) is 0 Å². The van der Waals surface area contributed by atoms with Crippen LogP contribution in [0.5, 0.6) is 5.75 Å². The molecule has 0 saturated heterocycles. The molecule has 0 bridgehead atoms. The van der Waals surface area contributed by atoms with Crippen LogP contribution in [0.25, 0.3) is 0 Å². The van der Waals surface area contributed by atoms with Crippen LogP contribution in [0.4, 0.5) is 0 Å². The Morgan fingerprint density at radius 3 is 2.47 bits per heavy atom. The summed E-state index contributed by atoms with van der Waals surface area (Å²) in [5.41, 5.74) is 4.21. The van der Waals surface area contributed by atoms with Gasteiger partial charge in [0.05, 0.1) is 12.6 Å². The van der Waals surface area contributed by atoms with Gasteiger partial charge in [0.2, 0.25) is 5.91 Å². The summed E-state index contributed by atoms with van der Waals surface area (Å²) in [6.07, 6.45) is 1.83. The number of phenols is 1. The molecule has 0 aromatic heterocycles. The summed E-state index contributed by atoms with van der Waals surface area (Å²) >= 11 is 0. The summed E-state index contributed by atoms with van der Waals surface area (Å²) in [4.78, 5) is 11.6. The van der Waals surface area contributed by atoms with Crippen LogP contribution in [0.15, 0.2) is 59.7 Å². The van der Waals surface area contributed by atoms with E-state index in [1.807, 2.05) is 30.3 Å². The average Bonchev–Trinajstić information content (AvgIpc) is 2.42. The van der Waals surface area contributed by atoms with E-state index >= 15 is 0 Å². The van der Waals surface area contributed by atoms with Crippen molar-refractivity contribution in [2.45, 2.75) is 6.42 Å². The standard InChI is InChI=1S/C15H14N2O2/c18-14-8-6-13(7-9-14)11-16-17-15(19)10-12-4-2-1-3-5-12/h1-9,11,18H,10H2,(H,17,19). The SMILES string of the molecule is O=C(Cc1ccccc1)NN=Cc1ccc(O)cc1. The highest BCUT2D eigenvalue weighted by Crippen LogP contribution is 2.07. The lowest BCUT2D eigenvalue weighted by Crippen LogP contribution is -2.19. The lowest BCUT2D eigenvalue weighted by atomic mass is 10.1. The maximum absolute atomic E-state index is 11.6. The van der Waals surface area contributed by atoms with Gasteiger partial charge in [-0.05, 0) is 35.4 Å². The van der Waals surface area contributed by atoms with Crippen molar-refractivity contribution in [3.63, 3.8) is 0 Å². The topological polar surface area (TPSA) is 61.7 Å². The summed E-state index contributed by atoms with van der Waals surface area (Å²) in [5, 5.41) is 13.0. The zero-order chi connectivity index (χ0) is 13.5. The Morgan fingerprint density at radius 1 is 1.11 bits per heavy atom. The van der Waals surface area contributed by atoms with Gasteiger partial charge in [0.1, 0.15) is 5.75 Å². The van der Waals surface area contributed by atoms with Crippen LogP contribution in [0.1, 0.15) is 11.1 Å². The van der Waals surface area contributed by atoms with E-state index in [0.717, 1.165) is 11.1 Å². The number of hydrogen-bond acceptors (Lipinski definition) is 3. The third kappa shape index (κ3) is 4.27. The fourth-order valence-electron chi connectivity index (χ4n) is 1.56. The summed E-state index contributed by atoms with van der Waals surface area (Å²) in [6.45, 7) is 0. The Hall–Kier alpha value is -2.62. The Kier molecular flexibility index (Phi) is 4.29. The highest BCUT2D eigenvalue weighted by Gasteiger charge is 2.00. The predicted octanol–water partition coefficient (Wildman–Crippen LogP) is 2.08. The number of carbonyl (C=O) groups excluding carboxylic acids is 1. The third-order valence-corrected chi connectivity index (χ3v) is 2.50. The van der Waals surface area contributed by atoms with Crippen LogP contribution in [0.3, 0.4) is 0 Å². The van der Waals surface area contributed by atoms with E-state index in [9.17, 15) is 4.79 Å². The van der Waals surface area contributed by atoms with E-state index in [1.165, 1.54) is 6.21 Å². The molecule has 0 aliphatic rings. The lowest BCUT2D eigenvalue weighted by Gasteiger charge is -2.00. The fraction of sp³-hybridized carbons (Fsp3) is 0.0667. The van der Waals surface area contributed by atoms with E-state index in [2.05, 4.69) is 10.5 Å². The van der Waals surface area contributed by atoms with Gasteiger partial charge < -0.3 is 5.11 Å². The first-order valence-corrected chi connectivity index (χ1v) is 5.89. The molecule has 0 atom stereocenters. The van der Waals surface area contributed by atoms with Gasteiger partial charge in [-0.25, -0.2) is 5.43 Å². The Bertz CT molecular complexity index is 562. The summed E-state index contributed by atoms with van der Waals surface area (Å²) in [5.74, 6) is 0.0338. The number of aromatic hydroxyl groups is 1. The normalized spacial score (nSPS) is 10.5. The van der Waals surface area contributed by atoms with Crippen LogP contribution < -0.4 is 5.43 Å². The summed E-state index contributed by atoms with van der Waals surface area (Å²) in [7, 11) is 0. The summed E-state index contributed by atoms with van der Waals surface area (Å²) < 4.78 is 0. The molecule has 1 amide bonds. The minimum Gasteiger partial charge on any atom is -0.508 e. The minimum atomic E-state index is -0.166. The number of benzene rings is 2. The lowest BCUT2D eigenvalue weighted by molar-refractivity contribution is -0.120. The second-order valence-electron chi connectivity index (χ2n) is 4.05. The van der Waals surface area contributed by atoms with Crippen molar-refractivity contribution >= 4 is 12.1 Å². The number of hydrogen-bond donors (Lipinski definition) is 2. The van der Waals surface area contributed by atoms with Crippen molar-refractivity contribution < 1.29 is 9.90 Å². The second-order valence-corrected chi connectivity index (χ2v) is 4.05. The molecule has 0 heterocycles. The van der Waals surface area contributed by atoms with E-state index in [1.54, 1.807) is 24.3 Å². The number of nitrogens with one attached hydrogen (secondary N) is 1. The van der Waals surface area contributed by atoms with Crippen LogP contribution in [0, 0.1) is 0 Å². The minimum absolute atomic E-state index is 0.166. The molecule has 96 valence electrons. The van der Waals surface area contributed by atoms with Crippen molar-refractivity contribution in [2.75, 3.05) is 0 Å². The molecule has 0 radical (unpaired) electrons. The van der Waals surface area contributed by atoms with Crippen LogP contribution in [-0.2, 0) is 11.2 Å². The van der Waals surface area contributed by atoms with Gasteiger partial charge in [0, 0.05) is 0 Å². The van der Waals surface area contributed by atoms with Gasteiger partial charge in [-0.3, -0.25) is 4.79 Å². The van der Waals surface area contributed by atoms with Crippen molar-refractivity contribution in [3.05, 3.63) is 65.7 Å². The maximum Gasteiger partial charge on any atom is 0.244 e. The molecule has 0 aliphatic carbocycles. The molecule has 0 saturated carbocycles. The van der Waals surface area contributed by atoms with Crippen molar-refractivity contribution in [2.24, 2.45) is 5.10 Å². The number of carbonyl (C=O) groups is 1. The molecule has 0 unspecified atom stereocenters. The molecule has 19 heavy (non-hydrogen) atoms. The highest BCUT2D eigenvalue weighted by molar-refractivity contribution is 5.83. The van der Waals surface area contributed by atoms with E-state index in [0.29, 0.717) is 6.42 Å². The van der Waals surface area contributed by atoms with Crippen LogP contribution >= 0.6 is 0 Å². The van der Waals surface area contributed by atoms with Gasteiger partial charge in [0.25, 0.3) is 0 Å². The van der Waals surface area contributed by atoms with Crippen LogP contribution in [-0.4, -0.2) is 17.2 Å². The Balaban J connectivity index is 1.85. The molecule has 4 nitrogen and oxygen atoms in total. The predicted molar refractivity (Wildman–Crippen MR) is 74.0 cm³/mol. The molecule has 2 aromatic rings. The van der Waals surface area contributed by atoms with E-state index in [4.69, 9.17) is 5.11 Å². The number of rotatable bonds is 4. The number of nitrogens with zero attached hydrogens (tertiary/aromatic N) is 1. The molecular formula is C15H14N2O2. The number of amides is 1. The fourth-order valence-corrected chi connectivity index (χ4v) is 1.56. The third-order valence-electron chi connectivity index (χ3n) is 2.50. The Morgan fingerprint density at radius 2 is 1.79 bits per heavy atom. The van der Waals surface area contributed by atoms with Gasteiger partial charge in [0.15, 0.2) is 0 Å². The quantitative estimate of drug-likeness (QED) is 0.648. The molecule has 2 aromatic carbocycles. The maximum atomic E-state index is 11.6. The molecule has 2 rings (SSSR count). The molecule has 4 heteroatoms. The first-order chi connectivity index (χ1) is 9.24. The number of hydrazone groups is 1. The molecule has 0 spiro atoms. The zero-order valence-corrected chi connectivity index (χ0v) is 10.3. The van der Waals surface area contributed by atoms with Crippen LogP contribution in [0.2, 0.25) is 0 Å². The zero-order valence-electron chi connectivity index (χ0n) is 10.3. The first kappa shape index (κ1) is 12.8. The van der Waals surface area contributed by atoms with Crippen molar-refractivity contribution in [3.8, 4) is 5.75 Å². The summed E-state index contributed by atoms with van der Waals surface area (Å²) in [6, 6.07) is 16.0. The monoisotopic (exact) mass is 254 g/mol. The molecular weight excluding hydrogens is 240 g/mol.